The van der Waals surface area contributed by atoms with E-state index in [0.717, 1.165) is 11.3 Å². The van der Waals surface area contributed by atoms with Gasteiger partial charge in [0.15, 0.2) is 0 Å². The Labute approximate surface area is 107 Å². The number of aliphatic hydroxyl groups is 1. The van der Waals surface area contributed by atoms with Crippen LogP contribution in [-0.4, -0.2) is 30.8 Å². The number of aryl methyl sites for hydroxylation is 1. The summed E-state index contributed by atoms with van der Waals surface area (Å²) in [6, 6.07) is 5.42. The molecule has 0 unspecified atom stereocenters. The van der Waals surface area contributed by atoms with E-state index in [2.05, 4.69) is 5.32 Å². The number of hydrogen-bond acceptors (Lipinski definition) is 4. The summed E-state index contributed by atoms with van der Waals surface area (Å²) in [5.74, 6) is -0.0590. The van der Waals surface area contributed by atoms with E-state index in [0.29, 0.717) is 31.7 Å². The number of rotatable bonds is 7. The molecular weight excluding hydrogens is 232 g/mol. The first-order chi connectivity index (χ1) is 8.63. The molecule has 1 amide bonds. The molecule has 0 aromatic heterocycles. The van der Waals surface area contributed by atoms with Crippen molar-refractivity contribution in [1.82, 2.24) is 0 Å². The van der Waals surface area contributed by atoms with E-state index >= 15 is 0 Å². The van der Waals surface area contributed by atoms with Crippen LogP contribution >= 0.6 is 0 Å². The highest BCUT2D eigenvalue weighted by molar-refractivity contribution is 5.91. The van der Waals surface area contributed by atoms with Crippen molar-refractivity contribution >= 4 is 17.3 Å². The third-order valence-electron chi connectivity index (χ3n) is 2.46. The first-order valence-electron chi connectivity index (χ1n) is 5.98. The Morgan fingerprint density at radius 1 is 1.44 bits per heavy atom. The van der Waals surface area contributed by atoms with Crippen molar-refractivity contribution in [2.75, 3.05) is 30.9 Å². The maximum Gasteiger partial charge on any atom is 0.224 e. The molecule has 0 saturated heterocycles. The summed E-state index contributed by atoms with van der Waals surface area (Å²) in [5, 5.41) is 11.3. The highest BCUT2D eigenvalue weighted by atomic mass is 16.5. The van der Waals surface area contributed by atoms with Crippen molar-refractivity contribution in [2.24, 2.45) is 0 Å². The van der Waals surface area contributed by atoms with Gasteiger partial charge < -0.3 is 20.9 Å². The maximum absolute atomic E-state index is 11.7. The summed E-state index contributed by atoms with van der Waals surface area (Å²) >= 11 is 0. The molecule has 0 heterocycles. The number of nitrogens with one attached hydrogen (secondary N) is 1. The number of anilines is 2. The number of carbonyl (C=O) groups is 1. The van der Waals surface area contributed by atoms with Gasteiger partial charge in [0.1, 0.15) is 0 Å². The Morgan fingerprint density at radius 3 is 2.94 bits per heavy atom. The molecule has 18 heavy (non-hydrogen) atoms. The lowest BCUT2D eigenvalue weighted by Gasteiger charge is -2.09. The van der Waals surface area contributed by atoms with E-state index in [4.69, 9.17) is 15.6 Å². The first kappa shape index (κ1) is 14.5. The summed E-state index contributed by atoms with van der Waals surface area (Å²) < 4.78 is 5.08. The molecule has 4 N–H and O–H groups in total. The van der Waals surface area contributed by atoms with Crippen LogP contribution in [-0.2, 0) is 9.53 Å². The van der Waals surface area contributed by atoms with Gasteiger partial charge in [-0.15, -0.1) is 0 Å². The van der Waals surface area contributed by atoms with Crippen LogP contribution in [0.2, 0.25) is 0 Å². The van der Waals surface area contributed by atoms with Crippen LogP contribution in [0.25, 0.3) is 0 Å². The Balaban J connectivity index is 2.33. The molecule has 0 fully saturated rings. The number of nitrogens with two attached hydrogens (primary N) is 1. The third-order valence-corrected chi connectivity index (χ3v) is 2.46. The fourth-order valence-corrected chi connectivity index (χ4v) is 1.49. The highest BCUT2D eigenvalue weighted by Crippen LogP contribution is 2.18. The number of benzene rings is 1. The minimum absolute atomic E-state index is 0.00861. The quantitative estimate of drug-likeness (QED) is 0.504. The standard InChI is InChI=1S/C13H20N2O3/c1-10-4-5-11(14)9-12(10)15-13(17)3-2-7-18-8-6-16/h4-5,9,16H,2-3,6-8,14H2,1H3,(H,15,17). The van der Waals surface area contributed by atoms with E-state index in [1.165, 1.54) is 0 Å². The number of ether oxygens (including phenoxy) is 1. The fourth-order valence-electron chi connectivity index (χ4n) is 1.49. The van der Waals surface area contributed by atoms with Crippen LogP contribution in [0.4, 0.5) is 11.4 Å². The van der Waals surface area contributed by atoms with E-state index in [1.807, 2.05) is 13.0 Å². The molecule has 0 aliphatic carbocycles. The van der Waals surface area contributed by atoms with Crippen molar-refractivity contribution in [2.45, 2.75) is 19.8 Å². The minimum atomic E-state index is -0.0590. The van der Waals surface area contributed by atoms with Crippen LogP contribution < -0.4 is 11.1 Å². The SMILES string of the molecule is Cc1ccc(N)cc1NC(=O)CCCOCCO. The third kappa shape index (κ3) is 5.16. The van der Waals surface area contributed by atoms with Crippen LogP contribution in [0.3, 0.4) is 0 Å². The van der Waals surface area contributed by atoms with Gasteiger partial charge >= 0.3 is 0 Å². The molecule has 0 atom stereocenters. The van der Waals surface area contributed by atoms with Crippen LogP contribution in [0.5, 0.6) is 0 Å². The maximum atomic E-state index is 11.7. The minimum Gasteiger partial charge on any atom is -0.399 e. The molecule has 5 nitrogen and oxygen atoms in total. The van der Waals surface area contributed by atoms with Gasteiger partial charge in [0.05, 0.1) is 13.2 Å². The summed E-state index contributed by atoms with van der Waals surface area (Å²) in [5.41, 5.74) is 8.02. The fraction of sp³-hybridized carbons (Fsp3) is 0.462. The number of amides is 1. The van der Waals surface area contributed by atoms with Crippen molar-refractivity contribution in [3.63, 3.8) is 0 Å². The average molecular weight is 252 g/mol. The molecule has 0 radical (unpaired) electrons. The molecule has 0 aliphatic heterocycles. The van der Waals surface area contributed by atoms with E-state index in [-0.39, 0.29) is 12.5 Å². The molecule has 1 aromatic carbocycles. The van der Waals surface area contributed by atoms with Gasteiger partial charge in [-0.25, -0.2) is 0 Å². The number of carbonyl (C=O) groups excluding carboxylic acids is 1. The van der Waals surface area contributed by atoms with Gasteiger partial charge in [-0.2, -0.15) is 0 Å². The lowest BCUT2D eigenvalue weighted by atomic mass is 10.1. The van der Waals surface area contributed by atoms with Crippen molar-refractivity contribution in [1.29, 1.82) is 0 Å². The molecule has 5 heteroatoms. The lowest BCUT2D eigenvalue weighted by molar-refractivity contribution is -0.116. The Kier molecular flexibility index (Phi) is 6.18. The van der Waals surface area contributed by atoms with Crippen LogP contribution in [0, 0.1) is 6.92 Å². The first-order valence-corrected chi connectivity index (χ1v) is 5.98. The van der Waals surface area contributed by atoms with Gasteiger partial charge in [0, 0.05) is 24.4 Å². The topological polar surface area (TPSA) is 84.6 Å². The lowest BCUT2D eigenvalue weighted by Crippen LogP contribution is -2.13. The predicted octanol–water partition coefficient (Wildman–Crippen LogP) is 1.30. The zero-order chi connectivity index (χ0) is 13.4. The van der Waals surface area contributed by atoms with Crippen LogP contribution in [0.1, 0.15) is 18.4 Å². The van der Waals surface area contributed by atoms with Gasteiger partial charge in [-0.1, -0.05) is 6.07 Å². The molecular formula is C13H20N2O3. The summed E-state index contributed by atoms with van der Waals surface area (Å²) in [6.07, 6.45) is 1.02. The smallest absolute Gasteiger partial charge is 0.224 e. The summed E-state index contributed by atoms with van der Waals surface area (Å²) in [7, 11) is 0. The van der Waals surface area contributed by atoms with E-state index in [9.17, 15) is 4.79 Å². The number of nitrogen functional groups attached to an aromatic ring is 1. The second-order valence-corrected chi connectivity index (χ2v) is 4.06. The molecule has 1 aromatic rings. The summed E-state index contributed by atoms with van der Waals surface area (Å²) in [4.78, 5) is 11.7. The average Bonchev–Trinajstić information content (AvgIpc) is 2.33. The second kappa shape index (κ2) is 7.68. The van der Waals surface area contributed by atoms with Gasteiger partial charge in [0.2, 0.25) is 5.91 Å². The van der Waals surface area contributed by atoms with Gasteiger partial charge in [0.25, 0.3) is 0 Å². The Morgan fingerprint density at radius 2 is 2.22 bits per heavy atom. The zero-order valence-corrected chi connectivity index (χ0v) is 10.6. The molecule has 0 spiro atoms. The normalized spacial score (nSPS) is 10.3. The molecule has 0 aliphatic rings. The molecule has 0 saturated carbocycles. The second-order valence-electron chi connectivity index (χ2n) is 4.06. The van der Waals surface area contributed by atoms with E-state index < -0.39 is 0 Å². The Hall–Kier alpha value is -1.59. The monoisotopic (exact) mass is 252 g/mol. The molecule has 100 valence electrons. The van der Waals surface area contributed by atoms with E-state index in [1.54, 1.807) is 12.1 Å². The van der Waals surface area contributed by atoms with Gasteiger partial charge in [-0.05, 0) is 31.0 Å². The van der Waals surface area contributed by atoms with Crippen LogP contribution in [0.15, 0.2) is 18.2 Å². The zero-order valence-electron chi connectivity index (χ0n) is 10.6. The number of hydrogen-bond donors (Lipinski definition) is 3. The van der Waals surface area contributed by atoms with Crippen molar-refractivity contribution in [3.8, 4) is 0 Å². The number of aliphatic hydroxyl groups excluding tert-OH is 1. The van der Waals surface area contributed by atoms with Gasteiger partial charge in [-0.3, -0.25) is 4.79 Å². The van der Waals surface area contributed by atoms with Crippen molar-refractivity contribution < 1.29 is 14.6 Å². The largest absolute Gasteiger partial charge is 0.399 e. The highest BCUT2D eigenvalue weighted by Gasteiger charge is 2.05. The summed E-state index contributed by atoms with van der Waals surface area (Å²) in [6.45, 7) is 2.72. The predicted molar refractivity (Wildman–Crippen MR) is 71.4 cm³/mol. The Bertz CT molecular complexity index is 394. The molecule has 0 bridgehead atoms. The van der Waals surface area contributed by atoms with Crippen molar-refractivity contribution in [3.05, 3.63) is 23.8 Å². The molecule has 1 rings (SSSR count).